The fourth-order valence-corrected chi connectivity index (χ4v) is 4.18. The maximum atomic E-state index is 13.7. The molecule has 0 aliphatic rings. The molecule has 1 aromatic heterocycles. The van der Waals surface area contributed by atoms with Gasteiger partial charge >= 0.3 is 5.97 Å². The Kier molecular flexibility index (Phi) is 7.61. The summed E-state index contributed by atoms with van der Waals surface area (Å²) in [6.45, 7) is 3.53. The van der Waals surface area contributed by atoms with Gasteiger partial charge in [0.15, 0.2) is 16.7 Å². The van der Waals surface area contributed by atoms with Crippen LogP contribution in [0.15, 0.2) is 40.3 Å². The highest BCUT2D eigenvalue weighted by Gasteiger charge is 2.25. The van der Waals surface area contributed by atoms with Gasteiger partial charge in [0, 0.05) is 12.1 Å². The number of ether oxygens (including phenoxy) is 4. The average Bonchev–Trinajstić information content (AvgIpc) is 2.83. The van der Waals surface area contributed by atoms with E-state index in [1.165, 1.54) is 56.2 Å². The number of methoxy groups -OCH3 is 3. The van der Waals surface area contributed by atoms with E-state index in [-0.39, 0.29) is 45.6 Å². The molecule has 0 spiro atoms. The predicted molar refractivity (Wildman–Crippen MR) is 126 cm³/mol. The largest absolute Gasteiger partial charge is 0.493 e. The van der Waals surface area contributed by atoms with E-state index >= 15 is 0 Å². The quantitative estimate of drug-likeness (QED) is 0.145. The molecule has 0 saturated heterocycles. The summed E-state index contributed by atoms with van der Waals surface area (Å²) in [5.74, 6) is 0.236. The van der Waals surface area contributed by atoms with Gasteiger partial charge in [-0.3, -0.25) is 24.3 Å². The van der Waals surface area contributed by atoms with Crippen LogP contribution in [0.5, 0.6) is 17.2 Å². The molecule has 0 aliphatic heterocycles. The summed E-state index contributed by atoms with van der Waals surface area (Å²) < 4.78 is 22.6. The third-order valence-electron chi connectivity index (χ3n) is 4.86. The number of carbonyl (C=O) groups is 1. The van der Waals surface area contributed by atoms with Crippen molar-refractivity contribution in [2.75, 3.05) is 27.9 Å². The van der Waals surface area contributed by atoms with Gasteiger partial charge in [-0.15, -0.1) is 0 Å². The number of non-ortho nitro benzene ring substituents is 1. The van der Waals surface area contributed by atoms with Crippen LogP contribution in [0.4, 0.5) is 5.69 Å². The molecule has 34 heavy (non-hydrogen) atoms. The second-order valence-electron chi connectivity index (χ2n) is 6.86. The Morgan fingerprint density at radius 2 is 1.79 bits per heavy atom. The normalized spacial score (nSPS) is 11.7. The number of fused-ring (bicyclic) bond motifs is 1. The fourth-order valence-electron chi connectivity index (χ4n) is 3.26. The lowest BCUT2D eigenvalue weighted by atomic mass is 10.2. The Balaban J connectivity index is 2.34. The number of nitro groups is 1. The Bertz CT molecular complexity index is 1290. The molecule has 3 rings (SSSR count). The van der Waals surface area contributed by atoms with Crippen molar-refractivity contribution in [2.45, 2.75) is 24.3 Å². The van der Waals surface area contributed by atoms with Gasteiger partial charge in [0.2, 0.25) is 5.75 Å². The molecule has 2 aromatic carbocycles. The number of benzene rings is 2. The van der Waals surface area contributed by atoms with Crippen molar-refractivity contribution in [3.63, 3.8) is 0 Å². The predicted octanol–water partition coefficient (Wildman–Crippen LogP) is 3.36. The first-order valence-corrected chi connectivity index (χ1v) is 11.0. The van der Waals surface area contributed by atoms with Crippen molar-refractivity contribution >= 4 is 34.3 Å². The van der Waals surface area contributed by atoms with Crippen LogP contribution in [0.1, 0.15) is 13.8 Å². The van der Waals surface area contributed by atoms with Crippen LogP contribution >= 0.6 is 11.8 Å². The van der Waals surface area contributed by atoms with Crippen molar-refractivity contribution < 1.29 is 28.7 Å². The van der Waals surface area contributed by atoms with Gasteiger partial charge in [0.1, 0.15) is 10.8 Å². The second-order valence-corrected chi connectivity index (χ2v) is 8.17. The number of thioether (sulfide) groups is 1. The van der Waals surface area contributed by atoms with Gasteiger partial charge in [0.05, 0.1) is 43.9 Å². The van der Waals surface area contributed by atoms with Crippen molar-refractivity contribution in [3.8, 4) is 22.9 Å². The summed E-state index contributed by atoms with van der Waals surface area (Å²) in [4.78, 5) is 41.1. The molecule has 1 heterocycles. The van der Waals surface area contributed by atoms with Crippen molar-refractivity contribution in [1.82, 2.24) is 9.55 Å². The number of nitrogens with zero attached hydrogens (tertiary/aromatic N) is 3. The Labute approximate surface area is 198 Å². The summed E-state index contributed by atoms with van der Waals surface area (Å²) in [5, 5.41) is 10.7. The van der Waals surface area contributed by atoms with Crippen LogP contribution in [-0.4, -0.2) is 53.6 Å². The topological polar surface area (TPSA) is 132 Å². The van der Waals surface area contributed by atoms with Gasteiger partial charge < -0.3 is 18.9 Å². The monoisotopic (exact) mass is 489 g/mol. The van der Waals surface area contributed by atoms with Gasteiger partial charge in [-0.1, -0.05) is 11.8 Å². The molecule has 0 fully saturated rings. The van der Waals surface area contributed by atoms with E-state index in [1.807, 2.05) is 0 Å². The molecular weight excluding hydrogens is 466 g/mol. The molecule has 180 valence electrons. The zero-order chi connectivity index (χ0) is 25.0. The number of nitro benzene ring substituents is 1. The van der Waals surface area contributed by atoms with E-state index in [2.05, 4.69) is 4.98 Å². The van der Waals surface area contributed by atoms with Gasteiger partial charge in [-0.25, -0.2) is 4.98 Å². The first-order chi connectivity index (χ1) is 16.3. The number of aromatic nitrogens is 2. The summed E-state index contributed by atoms with van der Waals surface area (Å²) >= 11 is 1.01. The summed E-state index contributed by atoms with van der Waals surface area (Å²) in [6.07, 6.45) is 0. The fraction of sp³-hybridized carbons (Fsp3) is 0.318. The van der Waals surface area contributed by atoms with E-state index in [0.29, 0.717) is 5.69 Å². The average molecular weight is 490 g/mol. The molecule has 0 bridgehead atoms. The minimum Gasteiger partial charge on any atom is -0.493 e. The zero-order valence-corrected chi connectivity index (χ0v) is 20.0. The van der Waals surface area contributed by atoms with Gasteiger partial charge in [-0.05, 0) is 32.0 Å². The van der Waals surface area contributed by atoms with E-state index < -0.39 is 21.7 Å². The van der Waals surface area contributed by atoms with Crippen LogP contribution < -0.4 is 19.8 Å². The molecule has 1 atom stereocenters. The van der Waals surface area contributed by atoms with Crippen LogP contribution in [-0.2, 0) is 9.53 Å². The molecule has 3 aromatic rings. The van der Waals surface area contributed by atoms with E-state index in [4.69, 9.17) is 18.9 Å². The molecule has 0 radical (unpaired) electrons. The molecule has 0 aliphatic carbocycles. The number of esters is 1. The Morgan fingerprint density at radius 3 is 2.32 bits per heavy atom. The Morgan fingerprint density at radius 1 is 1.15 bits per heavy atom. The van der Waals surface area contributed by atoms with E-state index in [9.17, 15) is 19.7 Å². The molecular formula is C22H23N3O8S. The molecule has 12 heteroatoms. The standard InChI is InChI=1S/C22H23N3O8S/c1-6-33-21(27)12(2)34-22-23-17-15(11-16(30-3)18(31-4)19(17)32-5)20(26)24(22)13-7-9-14(10-8-13)25(28)29/h7-12H,6H2,1-5H3/t12-/m0/s1. The SMILES string of the molecule is CCOC(=O)[C@H](C)Sc1nc2c(OC)c(OC)c(OC)cc2c(=O)n1-c1ccc([N+](=O)[O-])cc1. The second kappa shape index (κ2) is 10.4. The summed E-state index contributed by atoms with van der Waals surface area (Å²) in [5.41, 5.74) is -0.0800. The van der Waals surface area contributed by atoms with Crippen LogP contribution in [0.2, 0.25) is 0 Å². The minimum absolute atomic E-state index is 0.132. The summed E-state index contributed by atoms with van der Waals surface area (Å²) in [6, 6.07) is 6.92. The van der Waals surface area contributed by atoms with Crippen molar-refractivity contribution in [3.05, 3.63) is 50.8 Å². The first kappa shape index (κ1) is 24.8. The van der Waals surface area contributed by atoms with Gasteiger partial charge in [0.25, 0.3) is 11.2 Å². The highest BCUT2D eigenvalue weighted by Crippen LogP contribution is 2.42. The number of hydrogen-bond acceptors (Lipinski definition) is 10. The number of carbonyl (C=O) groups excluding carboxylic acids is 1. The van der Waals surface area contributed by atoms with Crippen LogP contribution in [0, 0.1) is 10.1 Å². The molecule has 11 nitrogen and oxygen atoms in total. The highest BCUT2D eigenvalue weighted by molar-refractivity contribution is 8.00. The Hall–Kier alpha value is -3.80. The molecule has 0 N–H and O–H groups in total. The maximum Gasteiger partial charge on any atom is 0.319 e. The minimum atomic E-state index is -0.695. The van der Waals surface area contributed by atoms with Crippen molar-refractivity contribution in [1.29, 1.82) is 0 Å². The highest BCUT2D eigenvalue weighted by atomic mass is 32.2. The lowest BCUT2D eigenvalue weighted by molar-refractivity contribution is -0.384. The van der Waals surface area contributed by atoms with Gasteiger partial charge in [-0.2, -0.15) is 0 Å². The van der Waals surface area contributed by atoms with E-state index in [1.54, 1.807) is 13.8 Å². The number of rotatable bonds is 9. The van der Waals surface area contributed by atoms with Crippen molar-refractivity contribution in [2.24, 2.45) is 0 Å². The lowest BCUT2D eigenvalue weighted by Gasteiger charge is -2.18. The van der Waals surface area contributed by atoms with Crippen LogP contribution in [0.25, 0.3) is 16.6 Å². The number of hydrogen-bond donors (Lipinski definition) is 0. The summed E-state index contributed by atoms with van der Waals surface area (Å²) in [7, 11) is 4.27. The molecule has 0 saturated carbocycles. The van der Waals surface area contributed by atoms with E-state index in [0.717, 1.165) is 11.8 Å². The maximum absolute atomic E-state index is 13.7. The molecule has 0 unspecified atom stereocenters. The third kappa shape index (κ3) is 4.62. The lowest BCUT2D eigenvalue weighted by Crippen LogP contribution is -2.24. The molecule has 0 amide bonds. The van der Waals surface area contributed by atoms with Crippen LogP contribution in [0.3, 0.4) is 0 Å². The smallest absolute Gasteiger partial charge is 0.319 e. The first-order valence-electron chi connectivity index (χ1n) is 10.1. The zero-order valence-electron chi connectivity index (χ0n) is 19.2. The third-order valence-corrected chi connectivity index (χ3v) is 5.89.